The SMILES string of the molecule is CN=C(NCCCCCC(=O)OC)NCCc1cccs1.I. The smallest absolute Gasteiger partial charge is 0.305 e. The summed E-state index contributed by atoms with van der Waals surface area (Å²) in [4.78, 5) is 16.5. The van der Waals surface area contributed by atoms with Crippen LogP contribution in [0.3, 0.4) is 0 Å². The van der Waals surface area contributed by atoms with Gasteiger partial charge in [0.15, 0.2) is 5.96 Å². The van der Waals surface area contributed by atoms with Crippen LogP contribution in [-0.2, 0) is 16.0 Å². The lowest BCUT2D eigenvalue weighted by Gasteiger charge is -2.11. The summed E-state index contributed by atoms with van der Waals surface area (Å²) < 4.78 is 4.60. The highest BCUT2D eigenvalue weighted by Crippen LogP contribution is 2.07. The molecule has 126 valence electrons. The number of methoxy groups -OCH3 is 1. The fraction of sp³-hybridized carbons (Fsp3) is 0.600. The Labute approximate surface area is 154 Å². The molecule has 0 bridgehead atoms. The lowest BCUT2D eigenvalue weighted by Crippen LogP contribution is -2.38. The fourth-order valence-corrected chi connectivity index (χ4v) is 2.57. The van der Waals surface area contributed by atoms with Crippen LogP contribution in [0.1, 0.15) is 30.6 Å². The zero-order valence-electron chi connectivity index (χ0n) is 13.3. The van der Waals surface area contributed by atoms with E-state index in [0.717, 1.165) is 44.7 Å². The van der Waals surface area contributed by atoms with Crippen molar-refractivity contribution >= 4 is 47.2 Å². The number of guanidine groups is 1. The Morgan fingerprint density at radius 2 is 2.05 bits per heavy atom. The number of hydrogen-bond donors (Lipinski definition) is 2. The molecule has 2 N–H and O–H groups in total. The van der Waals surface area contributed by atoms with E-state index < -0.39 is 0 Å². The number of carbonyl (C=O) groups is 1. The van der Waals surface area contributed by atoms with Gasteiger partial charge in [0.25, 0.3) is 0 Å². The Hall–Kier alpha value is -0.830. The summed E-state index contributed by atoms with van der Waals surface area (Å²) in [5.41, 5.74) is 0. The number of ether oxygens (including phenoxy) is 1. The Balaban J connectivity index is 0.00000441. The highest BCUT2D eigenvalue weighted by Gasteiger charge is 2.00. The number of rotatable bonds is 9. The maximum absolute atomic E-state index is 10.9. The van der Waals surface area contributed by atoms with Crippen molar-refractivity contribution in [1.82, 2.24) is 10.6 Å². The van der Waals surface area contributed by atoms with E-state index in [1.807, 2.05) is 0 Å². The van der Waals surface area contributed by atoms with Crippen LogP contribution in [0.4, 0.5) is 0 Å². The van der Waals surface area contributed by atoms with Gasteiger partial charge in [-0.05, 0) is 30.7 Å². The number of nitrogens with one attached hydrogen (secondary N) is 2. The first-order chi connectivity index (χ1) is 10.3. The minimum absolute atomic E-state index is 0. The van der Waals surface area contributed by atoms with Gasteiger partial charge in [-0.2, -0.15) is 0 Å². The first-order valence-corrected chi connectivity index (χ1v) is 8.18. The van der Waals surface area contributed by atoms with E-state index in [9.17, 15) is 4.79 Å². The predicted octanol–water partition coefficient (Wildman–Crippen LogP) is 2.81. The molecule has 0 aliphatic carbocycles. The highest BCUT2D eigenvalue weighted by atomic mass is 127. The maximum Gasteiger partial charge on any atom is 0.305 e. The van der Waals surface area contributed by atoms with Gasteiger partial charge in [-0.25, -0.2) is 0 Å². The Morgan fingerprint density at radius 1 is 1.27 bits per heavy atom. The molecule has 7 heteroatoms. The summed E-state index contributed by atoms with van der Waals surface area (Å²) >= 11 is 1.78. The molecule has 1 aromatic heterocycles. The monoisotopic (exact) mass is 439 g/mol. The number of esters is 1. The van der Waals surface area contributed by atoms with Crippen molar-refractivity contribution in [2.75, 3.05) is 27.2 Å². The summed E-state index contributed by atoms with van der Waals surface area (Å²) in [6.45, 7) is 1.74. The molecule has 0 saturated heterocycles. The van der Waals surface area contributed by atoms with Gasteiger partial charge in [0, 0.05) is 31.4 Å². The van der Waals surface area contributed by atoms with Crippen molar-refractivity contribution in [3.8, 4) is 0 Å². The van der Waals surface area contributed by atoms with Crippen molar-refractivity contribution in [3.63, 3.8) is 0 Å². The molecule has 22 heavy (non-hydrogen) atoms. The lowest BCUT2D eigenvalue weighted by atomic mass is 10.2. The summed E-state index contributed by atoms with van der Waals surface area (Å²) in [7, 11) is 3.20. The molecule has 0 aromatic carbocycles. The van der Waals surface area contributed by atoms with Crippen molar-refractivity contribution < 1.29 is 9.53 Å². The second-order valence-corrected chi connectivity index (χ2v) is 5.67. The summed E-state index contributed by atoms with van der Waals surface area (Å²) in [5.74, 6) is 0.702. The number of halogens is 1. The van der Waals surface area contributed by atoms with Crippen LogP contribution < -0.4 is 10.6 Å². The van der Waals surface area contributed by atoms with Gasteiger partial charge in [0.05, 0.1) is 7.11 Å². The van der Waals surface area contributed by atoms with E-state index in [4.69, 9.17) is 0 Å². The quantitative estimate of drug-likeness (QED) is 0.204. The Kier molecular flexibility index (Phi) is 13.3. The minimum atomic E-state index is -0.131. The molecule has 5 nitrogen and oxygen atoms in total. The van der Waals surface area contributed by atoms with Crippen LogP contribution in [-0.4, -0.2) is 39.2 Å². The van der Waals surface area contributed by atoms with Crippen LogP contribution in [0, 0.1) is 0 Å². The third kappa shape index (κ3) is 9.99. The Morgan fingerprint density at radius 3 is 2.68 bits per heavy atom. The van der Waals surface area contributed by atoms with Crippen LogP contribution in [0.15, 0.2) is 22.5 Å². The van der Waals surface area contributed by atoms with Crippen molar-refractivity contribution in [1.29, 1.82) is 0 Å². The predicted molar refractivity (Wildman–Crippen MR) is 103 cm³/mol. The maximum atomic E-state index is 10.9. The average molecular weight is 439 g/mol. The number of hydrogen-bond acceptors (Lipinski definition) is 4. The molecule has 0 unspecified atom stereocenters. The van der Waals surface area contributed by atoms with Crippen LogP contribution in [0.5, 0.6) is 0 Å². The van der Waals surface area contributed by atoms with Crippen molar-refractivity contribution in [2.24, 2.45) is 4.99 Å². The molecule has 0 radical (unpaired) electrons. The summed E-state index contributed by atoms with van der Waals surface area (Å²) in [6.07, 6.45) is 4.41. The van der Waals surface area contributed by atoms with Gasteiger partial charge < -0.3 is 15.4 Å². The van der Waals surface area contributed by atoms with Crippen LogP contribution in [0.25, 0.3) is 0 Å². The first-order valence-electron chi connectivity index (χ1n) is 7.30. The molecule has 0 aliphatic rings. The van der Waals surface area contributed by atoms with Gasteiger partial charge in [0.1, 0.15) is 0 Å². The third-order valence-electron chi connectivity index (χ3n) is 3.05. The molecule has 0 amide bonds. The zero-order valence-corrected chi connectivity index (χ0v) is 16.4. The van der Waals surface area contributed by atoms with Gasteiger partial charge in [-0.1, -0.05) is 12.5 Å². The topological polar surface area (TPSA) is 62.7 Å². The van der Waals surface area contributed by atoms with Gasteiger partial charge in [-0.3, -0.25) is 9.79 Å². The van der Waals surface area contributed by atoms with Crippen LogP contribution >= 0.6 is 35.3 Å². The van der Waals surface area contributed by atoms with Gasteiger partial charge >= 0.3 is 5.97 Å². The molecule has 1 aromatic rings. The molecule has 1 heterocycles. The normalized spacial score (nSPS) is 10.7. The van der Waals surface area contributed by atoms with E-state index in [0.29, 0.717) is 6.42 Å². The molecule has 0 fully saturated rings. The van der Waals surface area contributed by atoms with E-state index in [1.165, 1.54) is 12.0 Å². The molecule has 0 spiro atoms. The van der Waals surface area contributed by atoms with E-state index in [1.54, 1.807) is 18.4 Å². The average Bonchev–Trinajstić information content (AvgIpc) is 3.01. The molecular weight excluding hydrogens is 413 g/mol. The number of nitrogens with zero attached hydrogens (tertiary/aromatic N) is 1. The standard InChI is InChI=1S/C15H25N3O2S.HI/c1-16-15(18-11-9-13-7-6-12-21-13)17-10-5-3-4-8-14(19)20-2;/h6-7,12H,3-5,8-11H2,1-2H3,(H2,16,17,18);1H. The summed E-state index contributed by atoms with van der Waals surface area (Å²) in [6, 6.07) is 4.21. The molecular formula is C15H26IN3O2S. The number of thiophene rings is 1. The van der Waals surface area contributed by atoms with Gasteiger partial charge in [0.2, 0.25) is 0 Å². The lowest BCUT2D eigenvalue weighted by molar-refractivity contribution is -0.140. The van der Waals surface area contributed by atoms with E-state index in [-0.39, 0.29) is 29.9 Å². The van der Waals surface area contributed by atoms with Crippen molar-refractivity contribution in [2.45, 2.75) is 32.1 Å². The second-order valence-electron chi connectivity index (χ2n) is 4.64. The van der Waals surface area contributed by atoms with Crippen molar-refractivity contribution in [3.05, 3.63) is 22.4 Å². The number of aliphatic imine (C=N–C) groups is 1. The highest BCUT2D eigenvalue weighted by molar-refractivity contribution is 14.0. The van der Waals surface area contributed by atoms with E-state index >= 15 is 0 Å². The summed E-state index contributed by atoms with van der Waals surface area (Å²) in [5, 5.41) is 8.67. The van der Waals surface area contributed by atoms with Crippen LogP contribution in [0.2, 0.25) is 0 Å². The number of unbranched alkanes of at least 4 members (excludes halogenated alkanes) is 2. The van der Waals surface area contributed by atoms with Gasteiger partial charge in [-0.15, -0.1) is 35.3 Å². The molecule has 1 rings (SSSR count). The molecule has 0 aliphatic heterocycles. The fourth-order valence-electron chi connectivity index (χ4n) is 1.86. The molecule has 0 atom stereocenters. The first kappa shape index (κ1) is 21.2. The second kappa shape index (κ2) is 13.8. The molecule has 0 saturated carbocycles. The third-order valence-corrected chi connectivity index (χ3v) is 3.98. The minimum Gasteiger partial charge on any atom is -0.469 e. The Bertz CT molecular complexity index is 424. The zero-order chi connectivity index (χ0) is 15.3. The van der Waals surface area contributed by atoms with E-state index in [2.05, 4.69) is 37.9 Å². The number of carbonyl (C=O) groups excluding carboxylic acids is 1. The largest absolute Gasteiger partial charge is 0.469 e.